The molecule has 1 fully saturated rings. The first kappa shape index (κ1) is 12.3. The van der Waals surface area contributed by atoms with Crippen LogP contribution in [0.2, 0.25) is 0 Å². The van der Waals surface area contributed by atoms with Gasteiger partial charge in [0.2, 0.25) is 0 Å². The van der Waals surface area contributed by atoms with E-state index < -0.39 is 5.60 Å². The predicted molar refractivity (Wildman–Crippen MR) is 68.0 cm³/mol. The van der Waals surface area contributed by atoms with Gasteiger partial charge in [0.25, 0.3) is 0 Å². The van der Waals surface area contributed by atoms with Crippen molar-refractivity contribution >= 4 is 0 Å². The Hall–Kier alpha value is -1.75. The molecule has 3 rings (SSSR count). The zero-order valence-corrected chi connectivity index (χ0v) is 10.8. The summed E-state index contributed by atoms with van der Waals surface area (Å²) in [5.74, 6) is 0.244. The van der Waals surface area contributed by atoms with Gasteiger partial charge in [0.05, 0.1) is 6.54 Å². The number of halogens is 1. The number of nitrogens with zero attached hydrogens (tertiary/aromatic N) is 3. The van der Waals surface area contributed by atoms with Crippen molar-refractivity contribution < 1.29 is 9.50 Å². The van der Waals surface area contributed by atoms with Gasteiger partial charge in [0.1, 0.15) is 17.7 Å². The molecule has 1 aromatic carbocycles. The molecular weight excluding hydrogens is 245 g/mol. The minimum Gasteiger partial charge on any atom is -0.382 e. The Morgan fingerprint density at radius 1 is 1.42 bits per heavy atom. The molecule has 0 radical (unpaired) electrons. The van der Waals surface area contributed by atoms with E-state index in [0.717, 1.165) is 6.42 Å². The van der Waals surface area contributed by atoms with E-state index in [1.165, 1.54) is 0 Å². The monoisotopic (exact) mass is 261 g/mol. The van der Waals surface area contributed by atoms with Crippen LogP contribution in [0.5, 0.6) is 0 Å². The van der Waals surface area contributed by atoms with E-state index >= 15 is 0 Å². The van der Waals surface area contributed by atoms with Crippen LogP contribution >= 0.6 is 0 Å². The van der Waals surface area contributed by atoms with Crippen LogP contribution in [0.15, 0.2) is 24.5 Å². The molecule has 4 nitrogen and oxygen atoms in total. The minimum absolute atomic E-state index is 0.207. The SMILES string of the molecule is Cc1cccc(Cn2cnc(C3(O)CCC3)n2)c1F. The van der Waals surface area contributed by atoms with Gasteiger partial charge in [-0.25, -0.2) is 14.1 Å². The van der Waals surface area contributed by atoms with Crippen LogP contribution in [-0.2, 0) is 12.1 Å². The van der Waals surface area contributed by atoms with Crippen LogP contribution in [0.4, 0.5) is 4.39 Å². The molecule has 100 valence electrons. The Morgan fingerprint density at radius 3 is 2.89 bits per heavy atom. The Kier molecular flexibility index (Phi) is 2.86. The Labute approximate surface area is 110 Å². The third kappa shape index (κ3) is 2.14. The lowest BCUT2D eigenvalue weighted by molar-refractivity contribution is -0.0467. The third-order valence-corrected chi connectivity index (χ3v) is 3.74. The fourth-order valence-electron chi connectivity index (χ4n) is 2.32. The summed E-state index contributed by atoms with van der Waals surface area (Å²) in [5, 5.41) is 14.4. The van der Waals surface area contributed by atoms with Crippen molar-refractivity contribution in [3.8, 4) is 0 Å². The Bertz CT molecular complexity index is 604. The fraction of sp³-hybridized carbons (Fsp3) is 0.429. The topological polar surface area (TPSA) is 50.9 Å². The molecule has 0 saturated heterocycles. The van der Waals surface area contributed by atoms with Gasteiger partial charge in [-0.15, -0.1) is 0 Å². The first-order chi connectivity index (χ1) is 9.08. The molecule has 5 heteroatoms. The number of benzene rings is 1. The van der Waals surface area contributed by atoms with Gasteiger partial charge in [0, 0.05) is 5.56 Å². The molecule has 1 N–H and O–H groups in total. The summed E-state index contributed by atoms with van der Waals surface area (Å²) >= 11 is 0. The van der Waals surface area contributed by atoms with Gasteiger partial charge in [-0.2, -0.15) is 5.10 Å². The number of hydrogen-bond donors (Lipinski definition) is 1. The van der Waals surface area contributed by atoms with E-state index in [0.29, 0.717) is 36.3 Å². The Morgan fingerprint density at radius 2 is 2.21 bits per heavy atom. The summed E-state index contributed by atoms with van der Waals surface area (Å²) in [5.41, 5.74) is 0.337. The molecule has 0 spiro atoms. The van der Waals surface area contributed by atoms with Gasteiger partial charge in [-0.1, -0.05) is 18.2 Å². The largest absolute Gasteiger partial charge is 0.382 e. The van der Waals surface area contributed by atoms with E-state index in [4.69, 9.17) is 0 Å². The summed E-state index contributed by atoms with van der Waals surface area (Å²) in [7, 11) is 0. The summed E-state index contributed by atoms with van der Waals surface area (Å²) in [6, 6.07) is 5.30. The molecule has 1 aliphatic rings. The number of aromatic nitrogens is 3. The molecular formula is C14H16FN3O. The van der Waals surface area contributed by atoms with E-state index in [1.807, 2.05) is 6.07 Å². The second-order valence-electron chi connectivity index (χ2n) is 5.20. The van der Waals surface area contributed by atoms with Crippen molar-refractivity contribution in [2.24, 2.45) is 0 Å². The molecule has 1 heterocycles. The van der Waals surface area contributed by atoms with Crippen molar-refractivity contribution in [1.82, 2.24) is 14.8 Å². The molecule has 0 bridgehead atoms. The van der Waals surface area contributed by atoms with E-state index in [9.17, 15) is 9.50 Å². The highest BCUT2D eigenvalue weighted by Gasteiger charge is 2.39. The molecule has 1 aromatic heterocycles. The van der Waals surface area contributed by atoms with Gasteiger partial charge in [-0.3, -0.25) is 0 Å². The van der Waals surface area contributed by atoms with Crippen molar-refractivity contribution in [3.05, 3.63) is 47.3 Å². The maximum absolute atomic E-state index is 13.9. The summed E-state index contributed by atoms with van der Waals surface area (Å²) in [6.07, 6.45) is 3.95. The Balaban J connectivity index is 1.82. The summed E-state index contributed by atoms with van der Waals surface area (Å²) in [4.78, 5) is 4.14. The van der Waals surface area contributed by atoms with Crippen LogP contribution in [0.25, 0.3) is 0 Å². The van der Waals surface area contributed by atoms with Crippen LogP contribution < -0.4 is 0 Å². The normalized spacial score (nSPS) is 17.2. The number of hydrogen-bond acceptors (Lipinski definition) is 3. The lowest BCUT2D eigenvalue weighted by atomic mass is 9.80. The highest BCUT2D eigenvalue weighted by Crippen LogP contribution is 2.38. The summed E-state index contributed by atoms with van der Waals surface area (Å²) in [6.45, 7) is 2.07. The van der Waals surface area contributed by atoms with E-state index in [1.54, 1.807) is 30.1 Å². The number of aryl methyl sites for hydroxylation is 1. The first-order valence-electron chi connectivity index (χ1n) is 6.45. The van der Waals surface area contributed by atoms with Gasteiger partial charge in [-0.05, 0) is 31.7 Å². The molecule has 2 aromatic rings. The lowest BCUT2D eigenvalue weighted by Crippen LogP contribution is -2.35. The molecule has 1 saturated carbocycles. The molecule has 19 heavy (non-hydrogen) atoms. The number of rotatable bonds is 3. The average Bonchev–Trinajstić information content (AvgIpc) is 2.81. The predicted octanol–water partition coefficient (Wildman–Crippen LogP) is 2.15. The van der Waals surface area contributed by atoms with Crippen molar-refractivity contribution in [3.63, 3.8) is 0 Å². The minimum atomic E-state index is -0.865. The van der Waals surface area contributed by atoms with Gasteiger partial charge >= 0.3 is 0 Å². The van der Waals surface area contributed by atoms with Crippen molar-refractivity contribution in [2.45, 2.75) is 38.3 Å². The molecule has 1 aliphatic carbocycles. The van der Waals surface area contributed by atoms with Gasteiger partial charge < -0.3 is 5.11 Å². The highest BCUT2D eigenvalue weighted by atomic mass is 19.1. The summed E-state index contributed by atoms with van der Waals surface area (Å²) < 4.78 is 15.5. The second kappa shape index (κ2) is 4.42. The lowest BCUT2D eigenvalue weighted by Gasteiger charge is -2.33. The van der Waals surface area contributed by atoms with Crippen molar-refractivity contribution in [1.29, 1.82) is 0 Å². The van der Waals surface area contributed by atoms with Crippen LogP contribution in [-0.4, -0.2) is 19.9 Å². The molecule has 0 atom stereocenters. The third-order valence-electron chi connectivity index (χ3n) is 3.74. The first-order valence-corrected chi connectivity index (χ1v) is 6.45. The van der Waals surface area contributed by atoms with Crippen LogP contribution in [0, 0.1) is 12.7 Å². The smallest absolute Gasteiger partial charge is 0.182 e. The highest BCUT2D eigenvalue weighted by molar-refractivity contribution is 5.25. The number of aliphatic hydroxyl groups is 1. The zero-order valence-electron chi connectivity index (χ0n) is 10.8. The maximum atomic E-state index is 13.9. The zero-order chi connectivity index (χ0) is 13.5. The fourth-order valence-corrected chi connectivity index (χ4v) is 2.32. The van der Waals surface area contributed by atoms with Crippen LogP contribution in [0.1, 0.15) is 36.2 Å². The van der Waals surface area contributed by atoms with E-state index in [-0.39, 0.29) is 5.82 Å². The van der Waals surface area contributed by atoms with Gasteiger partial charge in [0.15, 0.2) is 5.82 Å². The van der Waals surface area contributed by atoms with E-state index in [2.05, 4.69) is 10.1 Å². The second-order valence-corrected chi connectivity index (χ2v) is 5.20. The molecule has 0 unspecified atom stereocenters. The molecule has 0 amide bonds. The molecule has 0 aliphatic heterocycles. The van der Waals surface area contributed by atoms with Crippen LogP contribution in [0.3, 0.4) is 0 Å². The standard InChI is InChI=1S/C14H16FN3O/c1-10-4-2-5-11(12(10)15)8-18-9-16-13(17-18)14(19)6-3-7-14/h2,4-5,9,19H,3,6-8H2,1H3. The quantitative estimate of drug-likeness (QED) is 0.921. The van der Waals surface area contributed by atoms with Crippen molar-refractivity contribution in [2.75, 3.05) is 0 Å². The maximum Gasteiger partial charge on any atom is 0.182 e. The average molecular weight is 261 g/mol.